The van der Waals surface area contributed by atoms with Crippen LogP contribution in [-0.4, -0.2) is 25.6 Å². The zero-order chi connectivity index (χ0) is 21.2. The number of benzene rings is 2. The number of carbonyl (C=O) groups excluding carboxylic acids is 1. The van der Waals surface area contributed by atoms with Gasteiger partial charge in [0.1, 0.15) is 11.3 Å². The van der Waals surface area contributed by atoms with Gasteiger partial charge in [0.05, 0.1) is 31.3 Å². The van der Waals surface area contributed by atoms with Crippen LogP contribution >= 0.6 is 0 Å². The zero-order valence-corrected chi connectivity index (χ0v) is 13.8. The first-order valence-electron chi connectivity index (χ1n) is 7.20. The highest BCUT2D eigenvalue weighted by Gasteiger charge is 2.27. The molecule has 28 heavy (non-hydrogen) atoms. The molecule has 14 heteroatoms. The predicted molar refractivity (Wildman–Crippen MR) is 92.2 cm³/mol. The summed E-state index contributed by atoms with van der Waals surface area (Å²) in [4.78, 5) is 52.7. The van der Waals surface area contributed by atoms with Crippen molar-refractivity contribution >= 4 is 34.3 Å². The first-order chi connectivity index (χ1) is 13.0. The van der Waals surface area contributed by atoms with E-state index in [1.54, 1.807) is 0 Å². The highest BCUT2D eigenvalue weighted by atomic mass is 16.6. The number of nitro groups is 4. The topological polar surface area (TPSA) is 202 Å². The number of hydrogen-bond acceptors (Lipinski definition) is 9. The van der Waals surface area contributed by atoms with Crippen molar-refractivity contribution in [1.82, 2.24) is 0 Å². The number of anilines is 1. The van der Waals surface area contributed by atoms with Gasteiger partial charge in [-0.25, -0.2) is 0 Å². The van der Waals surface area contributed by atoms with Crippen LogP contribution < -0.4 is 5.32 Å². The van der Waals surface area contributed by atoms with E-state index in [2.05, 4.69) is 5.32 Å². The molecule has 0 fully saturated rings. The van der Waals surface area contributed by atoms with Gasteiger partial charge in [0.15, 0.2) is 0 Å². The summed E-state index contributed by atoms with van der Waals surface area (Å²) in [5.41, 5.74) is -3.93. The van der Waals surface area contributed by atoms with Crippen molar-refractivity contribution in [3.05, 3.63) is 81.9 Å². The van der Waals surface area contributed by atoms with E-state index in [9.17, 15) is 45.3 Å². The van der Waals surface area contributed by atoms with Crippen molar-refractivity contribution in [2.24, 2.45) is 0 Å². The fourth-order valence-corrected chi connectivity index (χ4v) is 2.28. The van der Waals surface area contributed by atoms with Crippen molar-refractivity contribution in [2.75, 3.05) is 5.32 Å². The maximum atomic E-state index is 12.4. The van der Waals surface area contributed by atoms with E-state index in [0.717, 1.165) is 31.2 Å². The molecule has 1 amide bonds. The van der Waals surface area contributed by atoms with Crippen LogP contribution in [-0.2, 0) is 0 Å². The van der Waals surface area contributed by atoms with Crippen LogP contribution in [0.5, 0.6) is 0 Å². The minimum atomic E-state index is -1.11. The standard InChI is InChI=1S/C14H9N5O9/c1-7-11(17(23)24)4-8(5-12(7)18(25)26)14(20)15-10-3-2-9(16(21)22)6-13(10)19(27)28/h2-6H,1H3,(H,15,20). The number of nitrogens with zero attached hydrogens (tertiary/aromatic N) is 4. The minimum Gasteiger partial charge on any atom is -0.316 e. The average Bonchev–Trinajstić information content (AvgIpc) is 2.61. The normalized spacial score (nSPS) is 10.2. The fourth-order valence-electron chi connectivity index (χ4n) is 2.28. The maximum Gasteiger partial charge on any atom is 0.299 e. The Kier molecular flexibility index (Phi) is 5.24. The van der Waals surface area contributed by atoms with Gasteiger partial charge in [0.25, 0.3) is 28.7 Å². The van der Waals surface area contributed by atoms with Crippen molar-refractivity contribution in [3.63, 3.8) is 0 Å². The Morgan fingerprint density at radius 3 is 1.71 bits per heavy atom. The Hall–Kier alpha value is -4.49. The second kappa shape index (κ2) is 7.40. The first-order valence-corrected chi connectivity index (χ1v) is 7.20. The summed E-state index contributed by atoms with van der Waals surface area (Å²) in [7, 11) is 0. The summed E-state index contributed by atoms with van der Waals surface area (Å²) >= 11 is 0. The van der Waals surface area contributed by atoms with Crippen LogP contribution in [0.3, 0.4) is 0 Å². The van der Waals surface area contributed by atoms with E-state index < -0.39 is 59.6 Å². The van der Waals surface area contributed by atoms with Gasteiger partial charge in [-0.05, 0) is 13.0 Å². The molecule has 0 aliphatic carbocycles. The molecule has 2 aromatic carbocycles. The number of nitro benzene ring substituents is 4. The van der Waals surface area contributed by atoms with Crippen LogP contribution in [0, 0.1) is 47.4 Å². The molecule has 2 aromatic rings. The lowest BCUT2D eigenvalue weighted by molar-refractivity contribution is -0.395. The molecule has 0 aromatic heterocycles. The van der Waals surface area contributed by atoms with Crippen LogP contribution in [0.25, 0.3) is 0 Å². The molecule has 0 aliphatic heterocycles. The Bertz CT molecular complexity index is 1010. The molecular weight excluding hydrogens is 382 g/mol. The summed E-state index contributed by atoms with van der Waals surface area (Å²) in [6.45, 7) is 1.14. The molecule has 0 saturated carbocycles. The number of hydrogen-bond donors (Lipinski definition) is 1. The molecule has 1 N–H and O–H groups in total. The third kappa shape index (κ3) is 3.85. The summed E-state index contributed by atoms with van der Waals surface area (Å²) in [6, 6.07) is 4.01. The van der Waals surface area contributed by atoms with Gasteiger partial charge in [-0.3, -0.25) is 45.3 Å². The number of non-ortho nitro benzene ring substituents is 1. The van der Waals surface area contributed by atoms with Gasteiger partial charge in [0.2, 0.25) is 0 Å². The molecule has 0 heterocycles. The summed E-state index contributed by atoms with van der Waals surface area (Å²) in [5, 5.41) is 46.1. The fraction of sp³-hybridized carbons (Fsp3) is 0.0714. The number of amides is 1. The highest BCUT2D eigenvalue weighted by molar-refractivity contribution is 6.06. The first kappa shape index (κ1) is 19.8. The van der Waals surface area contributed by atoms with Crippen molar-refractivity contribution in [1.29, 1.82) is 0 Å². The van der Waals surface area contributed by atoms with Gasteiger partial charge in [0, 0.05) is 18.2 Å². The molecular formula is C14H9N5O9. The largest absolute Gasteiger partial charge is 0.316 e. The third-order valence-electron chi connectivity index (χ3n) is 3.65. The third-order valence-corrected chi connectivity index (χ3v) is 3.65. The Morgan fingerprint density at radius 2 is 1.29 bits per heavy atom. The van der Waals surface area contributed by atoms with Gasteiger partial charge >= 0.3 is 0 Å². The molecule has 0 spiro atoms. The maximum absolute atomic E-state index is 12.4. The lowest BCUT2D eigenvalue weighted by atomic mass is 10.1. The lowest BCUT2D eigenvalue weighted by Crippen LogP contribution is -2.14. The Balaban J connectivity index is 2.51. The van der Waals surface area contributed by atoms with E-state index in [0.29, 0.717) is 6.07 Å². The zero-order valence-electron chi connectivity index (χ0n) is 13.8. The van der Waals surface area contributed by atoms with Gasteiger partial charge in [-0.15, -0.1) is 0 Å². The lowest BCUT2D eigenvalue weighted by Gasteiger charge is -2.07. The van der Waals surface area contributed by atoms with Crippen LogP contribution in [0.1, 0.15) is 15.9 Å². The average molecular weight is 391 g/mol. The van der Waals surface area contributed by atoms with E-state index >= 15 is 0 Å². The second-order valence-corrected chi connectivity index (χ2v) is 5.32. The monoisotopic (exact) mass is 391 g/mol. The van der Waals surface area contributed by atoms with Crippen molar-refractivity contribution in [3.8, 4) is 0 Å². The highest BCUT2D eigenvalue weighted by Crippen LogP contribution is 2.32. The number of carbonyl (C=O) groups is 1. The van der Waals surface area contributed by atoms with E-state index in [4.69, 9.17) is 0 Å². The molecule has 0 unspecified atom stereocenters. The van der Waals surface area contributed by atoms with E-state index in [1.165, 1.54) is 0 Å². The van der Waals surface area contributed by atoms with Gasteiger partial charge in [-0.2, -0.15) is 0 Å². The molecule has 0 saturated heterocycles. The molecule has 0 bridgehead atoms. The van der Waals surface area contributed by atoms with Crippen LogP contribution in [0.4, 0.5) is 28.4 Å². The van der Waals surface area contributed by atoms with E-state index in [-0.39, 0.29) is 5.56 Å². The van der Waals surface area contributed by atoms with Crippen LogP contribution in [0.2, 0.25) is 0 Å². The number of nitrogens with one attached hydrogen (secondary N) is 1. The Labute approximate surface area is 154 Å². The molecule has 0 atom stereocenters. The summed E-state index contributed by atoms with van der Waals surface area (Å²) in [6.07, 6.45) is 0. The summed E-state index contributed by atoms with van der Waals surface area (Å²) in [5.74, 6) is -1.11. The minimum absolute atomic E-state index is 0.270. The second-order valence-electron chi connectivity index (χ2n) is 5.32. The summed E-state index contributed by atoms with van der Waals surface area (Å²) < 4.78 is 0. The van der Waals surface area contributed by atoms with Crippen molar-refractivity contribution < 1.29 is 24.5 Å². The van der Waals surface area contributed by atoms with Gasteiger partial charge in [-0.1, -0.05) is 0 Å². The molecule has 0 radical (unpaired) electrons. The SMILES string of the molecule is Cc1c([N+](=O)[O-])cc(C(=O)Nc2ccc([N+](=O)[O-])cc2[N+](=O)[O-])cc1[N+](=O)[O-]. The van der Waals surface area contributed by atoms with Gasteiger partial charge < -0.3 is 5.32 Å². The molecule has 144 valence electrons. The molecule has 2 rings (SSSR count). The van der Waals surface area contributed by atoms with Crippen molar-refractivity contribution in [2.45, 2.75) is 6.92 Å². The van der Waals surface area contributed by atoms with E-state index in [1.807, 2.05) is 0 Å². The Morgan fingerprint density at radius 1 is 0.786 bits per heavy atom. The molecule has 0 aliphatic rings. The quantitative estimate of drug-likeness (QED) is 0.567. The van der Waals surface area contributed by atoms with Crippen LogP contribution in [0.15, 0.2) is 30.3 Å². The molecule has 14 nitrogen and oxygen atoms in total. The number of rotatable bonds is 6. The smallest absolute Gasteiger partial charge is 0.299 e. The predicted octanol–water partition coefficient (Wildman–Crippen LogP) is 2.88.